The predicted octanol–water partition coefficient (Wildman–Crippen LogP) is 5.14. The Kier molecular flexibility index (Phi) is 10.6. The predicted molar refractivity (Wildman–Crippen MR) is 154 cm³/mol. The van der Waals surface area contributed by atoms with Gasteiger partial charge in [-0.2, -0.15) is 0 Å². The maximum atomic E-state index is 13.9. The zero-order valence-corrected chi connectivity index (χ0v) is 24.3. The molecule has 0 heterocycles. The quantitative estimate of drug-likeness (QED) is 0.314. The summed E-state index contributed by atoms with van der Waals surface area (Å²) in [6, 6.07) is 18.4. The van der Waals surface area contributed by atoms with Gasteiger partial charge in [0.25, 0.3) is 10.0 Å². The zero-order valence-electron chi connectivity index (χ0n) is 21.9. The van der Waals surface area contributed by atoms with Gasteiger partial charge in [-0.05, 0) is 67.4 Å². The van der Waals surface area contributed by atoms with Crippen molar-refractivity contribution in [3.8, 4) is 5.75 Å². The lowest BCUT2D eigenvalue weighted by molar-refractivity contribution is -0.140. The Morgan fingerprint density at radius 2 is 1.62 bits per heavy atom. The van der Waals surface area contributed by atoms with Gasteiger partial charge in [0.05, 0.1) is 27.2 Å². The minimum absolute atomic E-state index is 0.00279. The molecule has 3 aromatic carbocycles. The molecule has 0 aliphatic rings. The van der Waals surface area contributed by atoms with Crippen molar-refractivity contribution in [2.75, 3.05) is 24.5 Å². The molecule has 208 valence electrons. The van der Waals surface area contributed by atoms with Gasteiger partial charge in [-0.25, -0.2) is 8.42 Å². The molecule has 0 saturated heterocycles. The Morgan fingerprint density at radius 3 is 2.18 bits per heavy atom. The first-order valence-corrected chi connectivity index (χ1v) is 14.6. The van der Waals surface area contributed by atoms with E-state index >= 15 is 0 Å². The molecule has 2 amide bonds. The van der Waals surface area contributed by atoms with Crippen molar-refractivity contribution in [1.29, 1.82) is 0 Å². The zero-order chi connectivity index (χ0) is 28.6. The lowest BCUT2D eigenvalue weighted by Crippen LogP contribution is -2.51. The van der Waals surface area contributed by atoms with Gasteiger partial charge in [0, 0.05) is 13.6 Å². The summed E-state index contributed by atoms with van der Waals surface area (Å²) in [4.78, 5) is 28.0. The first kappa shape index (κ1) is 30.3. The van der Waals surface area contributed by atoms with E-state index in [0.29, 0.717) is 40.1 Å². The highest BCUT2D eigenvalue weighted by atomic mass is 35.5. The standard InChI is InChI=1S/C28H31Cl2N3O5S/c1-4-26(28(35)31-3)32(18-20-11-16-24(29)25(30)17-20)27(34)19-33(21-9-7-6-8-10-21)39(36,37)23-14-12-22(13-15-23)38-5-2/h6-17,26H,4-5,18-19H2,1-3H3,(H,31,35)/t26-/m0/s1. The molecule has 0 saturated carbocycles. The third-order valence-corrected chi connectivity index (χ3v) is 8.54. The van der Waals surface area contributed by atoms with Crippen LogP contribution in [-0.2, 0) is 26.2 Å². The molecule has 0 spiro atoms. The Morgan fingerprint density at radius 1 is 0.949 bits per heavy atom. The van der Waals surface area contributed by atoms with Crippen LogP contribution in [0.3, 0.4) is 0 Å². The van der Waals surface area contributed by atoms with E-state index < -0.39 is 28.5 Å². The van der Waals surface area contributed by atoms with Crippen LogP contribution in [-0.4, -0.2) is 51.4 Å². The fourth-order valence-corrected chi connectivity index (χ4v) is 5.78. The van der Waals surface area contributed by atoms with Crippen LogP contribution in [0, 0.1) is 0 Å². The van der Waals surface area contributed by atoms with Crippen LogP contribution in [0.4, 0.5) is 5.69 Å². The molecule has 3 aromatic rings. The maximum Gasteiger partial charge on any atom is 0.264 e. The number of rotatable bonds is 12. The highest BCUT2D eigenvalue weighted by Gasteiger charge is 2.33. The number of likely N-dealkylation sites (N-methyl/N-ethyl adjacent to an activating group) is 1. The molecule has 11 heteroatoms. The van der Waals surface area contributed by atoms with E-state index in [-0.39, 0.29) is 17.3 Å². The molecule has 0 fully saturated rings. The van der Waals surface area contributed by atoms with Gasteiger partial charge in [-0.1, -0.05) is 54.4 Å². The number of para-hydroxylation sites is 1. The van der Waals surface area contributed by atoms with Crippen LogP contribution >= 0.6 is 23.2 Å². The number of hydrogen-bond donors (Lipinski definition) is 1. The second-order valence-corrected chi connectivity index (χ2v) is 11.2. The second-order valence-electron chi connectivity index (χ2n) is 8.56. The highest BCUT2D eigenvalue weighted by molar-refractivity contribution is 7.92. The minimum Gasteiger partial charge on any atom is -0.494 e. The number of amides is 2. The number of benzene rings is 3. The minimum atomic E-state index is -4.17. The fourth-order valence-electron chi connectivity index (χ4n) is 4.05. The molecule has 0 unspecified atom stereocenters. The number of halogens is 2. The molecule has 1 N–H and O–H groups in total. The third-order valence-electron chi connectivity index (χ3n) is 6.02. The first-order chi connectivity index (χ1) is 18.6. The van der Waals surface area contributed by atoms with Crippen molar-refractivity contribution in [2.45, 2.75) is 37.8 Å². The SMILES string of the molecule is CCOc1ccc(S(=O)(=O)N(CC(=O)N(Cc2ccc(Cl)c(Cl)c2)[C@@H](CC)C(=O)NC)c2ccccc2)cc1. The van der Waals surface area contributed by atoms with E-state index in [1.807, 2.05) is 6.92 Å². The van der Waals surface area contributed by atoms with E-state index in [0.717, 1.165) is 4.31 Å². The number of nitrogens with zero attached hydrogens (tertiary/aromatic N) is 2. The number of hydrogen-bond acceptors (Lipinski definition) is 5. The summed E-state index contributed by atoms with van der Waals surface area (Å²) in [5, 5.41) is 3.25. The topological polar surface area (TPSA) is 96.0 Å². The number of anilines is 1. The summed E-state index contributed by atoms with van der Waals surface area (Å²) in [6.07, 6.45) is 0.309. The molecule has 3 rings (SSSR count). The largest absolute Gasteiger partial charge is 0.494 e. The fraction of sp³-hybridized carbons (Fsp3) is 0.286. The third kappa shape index (κ3) is 7.44. The molecular formula is C28H31Cl2N3O5S. The summed E-state index contributed by atoms with van der Waals surface area (Å²) in [5.41, 5.74) is 0.947. The molecule has 0 bridgehead atoms. The number of carbonyl (C=O) groups excluding carboxylic acids is 2. The number of nitrogens with one attached hydrogen (secondary N) is 1. The van der Waals surface area contributed by atoms with Crippen molar-refractivity contribution in [2.24, 2.45) is 0 Å². The molecule has 0 aliphatic carbocycles. The lowest BCUT2D eigenvalue weighted by atomic mass is 10.1. The normalized spacial score (nSPS) is 11.9. The van der Waals surface area contributed by atoms with Gasteiger partial charge in [-0.3, -0.25) is 13.9 Å². The van der Waals surface area contributed by atoms with E-state index in [1.54, 1.807) is 67.6 Å². The van der Waals surface area contributed by atoms with Crippen molar-refractivity contribution in [3.05, 3.63) is 88.4 Å². The smallest absolute Gasteiger partial charge is 0.264 e. The Balaban J connectivity index is 2.03. The average molecular weight is 593 g/mol. The molecule has 8 nitrogen and oxygen atoms in total. The van der Waals surface area contributed by atoms with Crippen molar-refractivity contribution in [1.82, 2.24) is 10.2 Å². The van der Waals surface area contributed by atoms with E-state index in [1.165, 1.54) is 24.1 Å². The van der Waals surface area contributed by atoms with Crippen LogP contribution in [0.25, 0.3) is 0 Å². The first-order valence-electron chi connectivity index (χ1n) is 12.4. The Labute approximate surface area is 239 Å². The Hall–Kier alpha value is -3.27. The lowest BCUT2D eigenvalue weighted by Gasteiger charge is -2.33. The summed E-state index contributed by atoms with van der Waals surface area (Å²) < 4.78 is 34.1. The van der Waals surface area contributed by atoms with Crippen LogP contribution in [0.2, 0.25) is 10.0 Å². The molecule has 0 radical (unpaired) electrons. The second kappa shape index (κ2) is 13.7. The maximum absolute atomic E-state index is 13.9. The number of sulfonamides is 1. The van der Waals surface area contributed by atoms with Crippen LogP contribution in [0.1, 0.15) is 25.8 Å². The van der Waals surface area contributed by atoms with Crippen molar-refractivity contribution < 1.29 is 22.7 Å². The number of ether oxygens (including phenoxy) is 1. The van der Waals surface area contributed by atoms with E-state index in [4.69, 9.17) is 27.9 Å². The molecule has 0 aromatic heterocycles. The van der Waals surface area contributed by atoms with Crippen LogP contribution in [0.5, 0.6) is 5.75 Å². The Bertz CT molecular complexity index is 1390. The van der Waals surface area contributed by atoms with E-state index in [9.17, 15) is 18.0 Å². The molecular weight excluding hydrogens is 561 g/mol. The van der Waals surface area contributed by atoms with Gasteiger partial charge in [0.1, 0.15) is 18.3 Å². The monoisotopic (exact) mass is 591 g/mol. The molecule has 1 atom stereocenters. The molecule has 0 aliphatic heterocycles. The number of carbonyl (C=O) groups is 2. The van der Waals surface area contributed by atoms with Crippen LogP contribution in [0.15, 0.2) is 77.7 Å². The summed E-state index contributed by atoms with van der Waals surface area (Å²) in [7, 11) is -2.68. The van der Waals surface area contributed by atoms with Crippen LogP contribution < -0.4 is 14.4 Å². The van der Waals surface area contributed by atoms with Crippen molar-refractivity contribution in [3.63, 3.8) is 0 Å². The summed E-state index contributed by atoms with van der Waals surface area (Å²) >= 11 is 12.2. The summed E-state index contributed by atoms with van der Waals surface area (Å²) in [5.74, 6) is -0.399. The van der Waals surface area contributed by atoms with Gasteiger partial charge in [0.15, 0.2) is 0 Å². The highest BCUT2D eigenvalue weighted by Crippen LogP contribution is 2.27. The van der Waals surface area contributed by atoms with Gasteiger partial charge >= 0.3 is 0 Å². The molecule has 39 heavy (non-hydrogen) atoms. The van der Waals surface area contributed by atoms with Crippen molar-refractivity contribution >= 4 is 50.7 Å². The van der Waals surface area contributed by atoms with Gasteiger partial charge in [-0.15, -0.1) is 0 Å². The van der Waals surface area contributed by atoms with Gasteiger partial charge < -0.3 is 15.0 Å². The van der Waals surface area contributed by atoms with E-state index in [2.05, 4.69) is 5.32 Å². The van der Waals surface area contributed by atoms with Gasteiger partial charge in [0.2, 0.25) is 11.8 Å². The summed E-state index contributed by atoms with van der Waals surface area (Å²) in [6.45, 7) is 3.54. The average Bonchev–Trinajstić information content (AvgIpc) is 2.94.